The SMILES string of the molecule is CCCC(NCc1ccccc1F)c1ccc(Cl)cc1. The number of rotatable bonds is 6. The van der Waals surface area contributed by atoms with Crippen molar-refractivity contribution in [2.75, 3.05) is 0 Å². The molecule has 106 valence electrons. The van der Waals surface area contributed by atoms with Crippen molar-refractivity contribution >= 4 is 11.6 Å². The highest BCUT2D eigenvalue weighted by atomic mass is 35.5. The number of benzene rings is 2. The van der Waals surface area contributed by atoms with E-state index in [1.807, 2.05) is 36.4 Å². The fraction of sp³-hybridized carbons (Fsp3) is 0.294. The fourth-order valence-electron chi connectivity index (χ4n) is 2.25. The highest BCUT2D eigenvalue weighted by molar-refractivity contribution is 6.30. The van der Waals surface area contributed by atoms with E-state index in [2.05, 4.69) is 12.2 Å². The fourth-order valence-corrected chi connectivity index (χ4v) is 2.37. The Morgan fingerprint density at radius 1 is 1.10 bits per heavy atom. The molecule has 0 aliphatic heterocycles. The third kappa shape index (κ3) is 4.06. The van der Waals surface area contributed by atoms with Crippen molar-refractivity contribution in [2.24, 2.45) is 0 Å². The minimum absolute atomic E-state index is 0.161. The Bertz CT molecular complexity index is 539. The largest absolute Gasteiger partial charge is 0.306 e. The summed E-state index contributed by atoms with van der Waals surface area (Å²) >= 11 is 5.92. The van der Waals surface area contributed by atoms with E-state index in [-0.39, 0.29) is 11.9 Å². The lowest BCUT2D eigenvalue weighted by molar-refractivity contribution is 0.483. The summed E-state index contributed by atoms with van der Waals surface area (Å²) < 4.78 is 13.6. The molecule has 0 aliphatic carbocycles. The summed E-state index contributed by atoms with van der Waals surface area (Å²) in [5, 5.41) is 4.16. The van der Waals surface area contributed by atoms with Gasteiger partial charge < -0.3 is 5.32 Å². The molecule has 0 saturated heterocycles. The maximum absolute atomic E-state index is 13.6. The quantitative estimate of drug-likeness (QED) is 0.780. The molecule has 0 aliphatic rings. The number of hydrogen-bond donors (Lipinski definition) is 1. The van der Waals surface area contributed by atoms with Gasteiger partial charge in [-0.2, -0.15) is 0 Å². The molecule has 0 aromatic heterocycles. The van der Waals surface area contributed by atoms with Crippen molar-refractivity contribution in [1.82, 2.24) is 5.32 Å². The molecule has 1 atom stereocenters. The summed E-state index contributed by atoms with van der Waals surface area (Å²) in [4.78, 5) is 0. The molecule has 1 N–H and O–H groups in total. The van der Waals surface area contributed by atoms with E-state index in [0.29, 0.717) is 12.1 Å². The normalized spacial score (nSPS) is 12.3. The molecule has 2 aromatic carbocycles. The van der Waals surface area contributed by atoms with E-state index >= 15 is 0 Å². The molecule has 0 spiro atoms. The van der Waals surface area contributed by atoms with Crippen LogP contribution >= 0.6 is 11.6 Å². The van der Waals surface area contributed by atoms with Gasteiger partial charge in [-0.25, -0.2) is 4.39 Å². The van der Waals surface area contributed by atoms with Gasteiger partial charge in [0.05, 0.1) is 0 Å². The average molecular weight is 292 g/mol. The Balaban J connectivity index is 2.06. The lowest BCUT2D eigenvalue weighted by Gasteiger charge is -2.19. The highest BCUT2D eigenvalue weighted by Crippen LogP contribution is 2.21. The summed E-state index contributed by atoms with van der Waals surface area (Å²) in [6, 6.07) is 14.9. The predicted octanol–water partition coefficient (Wildman–Crippen LogP) is 5.11. The number of nitrogens with one attached hydrogen (secondary N) is 1. The van der Waals surface area contributed by atoms with Crippen LogP contribution in [0.25, 0.3) is 0 Å². The maximum atomic E-state index is 13.6. The van der Waals surface area contributed by atoms with Crippen LogP contribution in [0.15, 0.2) is 48.5 Å². The third-order valence-corrected chi connectivity index (χ3v) is 3.60. The molecule has 3 heteroatoms. The lowest BCUT2D eigenvalue weighted by atomic mass is 10.0. The van der Waals surface area contributed by atoms with E-state index in [9.17, 15) is 4.39 Å². The maximum Gasteiger partial charge on any atom is 0.127 e. The van der Waals surface area contributed by atoms with E-state index in [0.717, 1.165) is 17.9 Å². The summed E-state index contributed by atoms with van der Waals surface area (Å²) in [5.74, 6) is -0.161. The van der Waals surface area contributed by atoms with Crippen LogP contribution < -0.4 is 5.32 Å². The van der Waals surface area contributed by atoms with Crippen LogP contribution in [0.5, 0.6) is 0 Å². The smallest absolute Gasteiger partial charge is 0.127 e. The van der Waals surface area contributed by atoms with Gasteiger partial charge in [-0.05, 0) is 30.2 Å². The zero-order chi connectivity index (χ0) is 14.4. The van der Waals surface area contributed by atoms with Crippen molar-refractivity contribution in [3.8, 4) is 0 Å². The first-order chi connectivity index (χ1) is 9.70. The van der Waals surface area contributed by atoms with E-state index in [1.165, 1.54) is 11.6 Å². The summed E-state index contributed by atoms with van der Waals surface area (Å²) in [6.07, 6.45) is 2.08. The number of hydrogen-bond acceptors (Lipinski definition) is 1. The van der Waals surface area contributed by atoms with Crippen molar-refractivity contribution in [2.45, 2.75) is 32.4 Å². The Morgan fingerprint density at radius 3 is 2.45 bits per heavy atom. The van der Waals surface area contributed by atoms with Gasteiger partial charge in [0.2, 0.25) is 0 Å². The van der Waals surface area contributed by atoms with Gasteiger partial charge in [-0.1, -0.05) is 55.3 Å². The van der Waals surface area contributed by atoms with Crippen LogP contribution in [0.3, 0.4) is 0 Å². The van der Waals surface area contributed by atoms with Crippen molar-refractivity contribution in [3.05, 3.63) is 70.5 Å². The second kappa shape index (κ2) is 7.41. The molecule has 1 unspecified atom stereocenters. The van der Waals surface area contributed by atoms with Crippen LogP contribution in [0, 0.1) is 5.82 Å². The van der Waals surface area contributed by atoms with Gasteiger partial charge in [0, 0.05) is 23.2 Å². The molecule has 0 amide bonds. The van der Waals surface area contributed by atoms with Gasteiger partial charge in [-0.15, -0.1) is 0 Å². The first-order valence-electron chi connectivity index (χ1n) is 6.93. The first kappa shape index (κ1) is 15.0. The molecular weight excluding hydrogens is 273 g/mol. The molecule has 1 nitrogen and oxygen atoms in total. The minimum Gasteiger partial charge on any atom is -0.306 e. The Morgan fingerprint density at radius 2 is 1.80 bits per heavy atom. The molecule has 0 bridgehead atoms. The van der Waals surface area contributed by atoms with Gasteiger partial charge in [0.15, 0.2) is 0 Å². The summed E-state index contributed by atoms with van der Waals surface area (Å²) in [7, 11) is 0. The van der Waals surface area contributed by atoms with E-state index in [1.54, 1.807) is 6.07 Å². The molecule has 0 radical (unpaired) electrons. The monoisotopic (exact) mass is 291 g/mol. The highest BCUT2D eigenvalue weighted by Gasteiger charge is 2.11. The molecule has 0 fully saturated rings. The Kier molecular flexibility index (Phi) is 5.57. The van der Waals surface area contributed by atoms with Gasteiger partial charge >= 0.3 is 0 Å². The lowest BCUT2D eigenvalue weighted by Crippen LogP contribution is -2.21. The van der Waals surface area contributed by atoms with Gasteiger partial charge in [-0.3, -0.25) is 0 Å². The molecule has 0 heterocycles. The van der Waals surface area contributed by atoms with E-state index < -0.39 is 0 Å². The zero-order valence-corrected chi connectivity index (χ0v) is 12.3. The standard InChI is InChI=1S/C17H19ClFN/c1-2-5-17(13-8-10-15(18)11-9-13)20-12-14-6-3-4-7-16(14)19/h3-4,6-11,17,20H,2,5,12H2,1H3. The second-order valence-corrected chi connectivity index (χ2v) is 5.30. The summed E-state index contributed by atoms with van der Waals surface area (Å²) in [6.45, 7) is 2.67. The molecule has 2 rings (SSSR count). The van der Waals surface area contributed by atoms with Crippen LogP contribution in [0.1, 0.15) is 36.9 Å². The Labute approximate surface area is 124 Å². The van der Waals surface area contributed by atoms with Crippen LogP contribution in [-0.4, -0.2) is 0 Å². The first-order valence-corrected chi connectivity index (χ1v) is 7.30. The van der Waals surface area contributed by atoms with Crippen molar-refractivity contribution < 1.29 is 4.39 Å². The zero-order valence-electron chi connectivity index (χ0n) is 11.6. The molecule has 20 heavy (non-hydrogen) atoms. The second-order valence-electron chi connectivity index (χ2n) is 4.87. The van der Waals surface area contributed by atoms with Gasteiger partial charge in [0.1, 0.15) is 5.82 Å². The van der Waals surface area contributed by atoms with E-state index in [4.69, 9.17) is 11.6 Å². The average Bonchev–Trinajstić information content (AvgIpc) is 2.46. The molecule has 2 aromatic rings. The molecule has 0 saturated carbocycles. The van der Waals surface area contributed by atoms with Crippen LogP contribution in [0.4, 0.5) is 4.39 Å². The number of halogens is 2. The van der Waals surface area contributed by atoms with Crippen LogP contribution in [-0.2, 0) is 6.54 Å². The topological polar surface area (TPSA) is 12.0 Å². The van der Waals surface area contributed by atoms with Crippen molar-refractivity contribution in [3.63, 3.8) is 0 Å². The molecular formula is C17H19ClFN. The van der Waals surface area contributed by atoms with Crippen molar-refractivity contribution in [1.29, 1.82) is 0 Å². The van der Waals surface area contributed by atoms with Gasteiger partial charge in [0.25, 0.3) is 0 Å². The Hall–Kier alpha value is -1.38. The third-order valence-electron chi connectivity index (χ3n) is 3.35. The minimum atomic E-state index is -0.161. The predicted molar refractivity (Wildman–Crippen MR) is 82.3 cm³/mol. The summed E-state index contributed by atoms with van der Waals surface area (Å²) in [5.41, 5.74) is 1.88. The van der Waals surface area contributed by atoms with Crippen LogP contribution in [0.2, 0.25) is 5.02 Å².